The molecule has 94 valence electrons. The van der Waals surface area contributed by atoms with Crippen LogP contribution >= 0.6 is 0 Å². The van der Waals surface area contributed by atoms with Crippen LogP contribution in [0.25, 0.3) is 11.3 Å². The number of rotatable bonds is 4. The highest BCUT2D eigenvalue weighted by atomic mass is 16.3. The van der Waals surface area contributed by atoms with E-state index >= 15 is 0 Å². The number of hydrogen-bond donors (Lipinski definition) is 1. The molecular weight excluding hydrogens is 238 g/mol. The molecular formula is C15H13N3O. The summed E-state index contributed by atoms with van der Waals surface area (Å²) in [6.07, 6.45) is 3.40. The van der Waals surface area contributed by atoms with Gasteiger partial charge in [-0.15, -0.1) is 0 Å². The fourth-order valence-corrected chi connectivity index (χ4v) is 1.79. The van der Waals surface area contributed by atoms with Crippen molar-refractivity contribution < 1.29 is 4.42 Å². The molecule has 3 aromatic rings. The molecule has 0 atom stereocenters. The smallest absolute Gasteiger partial charge is 0.223 e. The predicted octanol–water partition coefficient (Wildman–Crippen LogP) is 3.35. The van der Waals surface area contributed by atoms with Crippen LogP contribution in [0.15, 0.2) is 65.4 Å². The van der Waals surface area contributed by atoms with Crippen LogP contribution in [0.2, 0.25) is 0 Å². The first-order valence-electron chi connectivity index (χ1n) is 6.06. The summed E-state index contributed by atoms with van der Waals surface area (Å²) in [7, 11) is 0. The van der Waals surface area contributed by atoms with Gasteiger partial charge in [0, 0.05) is 11.8 Å². The average Bonchev–Trinajstić information content (AvgIpc) is 3.00. The molecule has 0 amide bonds. The Morgan fingerprint density at radius 2 is 1.89 bits per heavy atom. The molecule has 1 N–H and O–H groups in total. The molecule has 0 radical (unpaired) electrons. The molecule has 4 nitrogen and oxygen atoms in total. The van der Waals surface area contributed by atoms with Gasteiger partial charge in [-0.2, -0.15) is 0 Å². The van der Waals surface area contributed by atoms with Crippen LogP contribution in [0.5, 0.6) is 0 Å². The zero-order valence-electron chi connectivity index (χ0n) is 10.3. The molecule has 0 aliphatic heterocycles. The second-order valence-corrected chi connectivity index (χ2v) is 4.06. The van der Waals surface area contributed by atoms with Gasteiger partial charge in [0.05, 0.1) is 18.5 Å². The molecule has 0 saturated heterocycles. The lowest BCUT2D eigenvalue weighted by Crippen LogP contribution is -2.03. The third-order valence-electron chi connectivity index (χ3n) is 2.73. The van der Waals surface area contributed by atoms with E-state index in [2.05, 4.69) is 15.3 Å². The van der Waals surface area contributed by atoms with Gasteiger partial charge in [0.2, 0.25) is 5.95 Å². The monoisotopic (exact) mass is 251 g/mol. The van der Waals surface area contributed by atoms with Crippen molar-refractivity contribution in [2.24, 2.45) is 0 Å². The summed E-state index contributed by atoms with van der Waals surface area (Å²) >= 11 is 0. The molecule has 4 heteroatoms. The van der Waals surface area contributed by atoms with E-state index in [0.717, 1.165) is 17.0 Å². The Bertz CT molecular complexity index is 636. The first kappa shape index (κ1) is 11.5. The standard InChI is InChI=1S/C15H13N3O/c1-2-5-12(6-3-1)14-8-9-16-15(18-14)17-11-13-7-4-10-19-13/h1-10H,11H2,(H,16,17,18). The topological polar surface area (TPSA) is 51.0 Å². The van der Waals surface area contributed by atoms with Gasteiger partial charge in [-0.25, -0.2) is 9.97 Å². The average molecular weight is 251 g/mol. The van der Waals surface area contributed by atoms with Crippen LogP contribution in [-0.2, 0) is 6.54 Å². The minimum absolute atomic E-state index is 0.575. The number of anilines is 1. The molecule has 2 aromatic heterocycles. The summed E-state index contributed by atoms with van der Waals surface area (Å²) < 4.78 is 5.25. The van der Waals surface area contributed by atoms with E-state index in [1.807, 2.05) is 48.5 Å². The van der Waals surface area contributed by atoms with Crippen molar-refractivity contribution in [3.8, 4) is 11.3 Å². The summed E-state index contributed by atoms with van der Waals surface area (Å²) in [6.45, 7) is 0.575. The molecule has 0 aliphatic carbocycles. The highest BCUT2D eigenvalue weighted by Gasteiger charge is 2.02. The lowest BCUT2D eigenvalue weighted by Gasteiger charge is -2.05. The van der Waals surface area contributed by atoms with E-state index in [1.165, 1.54) is 0 Å². The minimum atomic E-state index is 0.575. The maximum absolute atomic E-state index is 5.25. The zero-order valence-corrected chi connectivity index (χ0v) is 10.3. The largest absolute Gasteiger partial charge is 0.467 e. The molecule has 0 unspecified atom stereocenters. The van der Waals surface area contributed by atoms with E-state index in [9.17, 15) is 0 Å². The van der Waals surface area contributed by atoms with Gasteiger partial charge >= 0.3 is 0 Å². The van der Waals surface area contributed by atoms with Gasteiger partial charge in [-0.1, -0.05) is 30.3 Å². The van der Waals surface area contributed by atoms with Crippen LogP contribution in [-0.4, -0.2) is 9.97 Å². The first-order valence-corrected chi connectivity index (χ1v) is 6.06. The van der Waals surface area contributed by atoms with Crippen molar-refractivity contribution in [3.63, 3.8) is 0 Å². The van der Waals surface area contributed by atoms with Crippen molar-refractivity contribution in [2.75, 3.05) is 5.32 Å². The first-order chi connectivity index (χ1) is 9.42. The van der Waals surface area contributed by atoms with Crippen molar-refractivity contribution in [1.29, 1.82) is 0 Å². The highest BCUT2D eigenvalue weighted by molar-refractivity contribution is 5.59. The van der Waals surface area contributed by atoms with Gasteiger partial charge in [-0.3, -0.25) is 0 Å². The molecule has 19 heavy (non-hydrogen) atoms. The van der Waals surface area contributed by atoms with Crippen LogP contribution in [0.3, 0.4) is 0 Å². The predicted molar refractivity (Wildman–Crippen MR) is 73.5 cm³/mol. The summed E-state index contributed by atoms with van der Waals surface area (Å²) in [4.78, 5) is 8.68. The highest BCUT2D eigenvalue weighted by Crippen LogP contribution is 2.17. The van der Waals surface area contributed by atoms with Crippen molar-refractivity contribution in [1.82, 2.24) is 9.97 Å². The summed E-state index contributed by atoms with van der Waals surface area (Å²) in [6, 6.07) is 15.7. The Morgan fingerprint density at radius 1 is 1.00 bits per heavy atom. The normalized spacial score (nSPS) is 10.3. The summed E-state index contributed by atoms with van der Waals surface area (Å²) in [5.74, 6) is 1.45. The van der Waals surface area contributed by atoms with Gasteiger partial charge in [0.25, 0.3) is 0 Å². The van der Waals surface area contributed by atoms with E-state index in [1.54, 1.807) is 12.5 Å². The molecule has 3 rings (SSSR count). The quantitative estimate of drug-likeness (QED) is 0.772. The Kier molecular flexibility index (Phi) is 3.23. The summed E-state index contributed by atoms with van der Waals surface area (Å²) in [5.41, 5.74) is 1.98. The number of benzene rings is 1. The molecule has 1 aromatic carbocycles. The van der Waals surface area contributed by atoms with Crippen LogP contribution in [0.4, 0.5) is 5.95 Å². The van der Waals surface area contributed by atoms with E-state index < -0.39 is 0 Å². The number of hydrogen-bond acceptors (Lipinski definition) is 4. The molecule has 0 fully saturated rings. The van der Waals surface area contributed by atoms with Gasteiger partial charge in [0.1, 0.15) is 5.76 Å². The lowest BCUT2D eigenvalue weighted by atomic mass is 10.1. The number of furan rings is 1. The van der Waals surface area contributed by atoms with E-state index in [-0.39, 0.29) is 0 Å². The Balaban J connectivity index is 1.77. The molecule has 0 saturated carbocycles. The van der Waals surface area contributed by atoms with Gasteiger partial charge < -0.3 is 9.73 Å². The van der Waals surface area contributed by atoms with Crippen molar-refractivity contribution in [3.05, 3.63) is 66.8 Å². The lowest BCUT2D eigenvalue weighted by molar-refractivity contribution is 0.517. The Hall–Kier alpha value is -2.62. The third kappa shape index (κ3) is 2.80. The number of nitrogens with zero attached hydrogens (tertiary/aromatic N) is 2. The van der Waals surface area contributed by atoms with Crippen LogP contribution in [0, 0.1) is 0 Å². The van der Waals surface area contributed by atoms with Crippen molar-refractivity contribution >= 4 is 5.95 Å². The summed E-state index contributed by atoms with van der Waals surface area (Å²) in [5, 5.41) is 3.14. The minimum Gasteiger partial charge on any atom is -0.467 e. The van der Waals surface area contributed by atoms with Crippen LogP contribution < -0.4 is 5.32 Å². The molecule has 0 aliphatic rings. The fraction of sp³-hybridized carbons (Fsp3) is 0.0667. The van der Waals surface area contributed by atoms with E-state index in [4.69, 9.17) is 4.42 Å². The zero-order chi connectivity index (χ0) is 12.9. The maximum atomic E-state index is 5.25. The maximum Gasteiger partial charge on any atom is 0.223 e. The molecule has 0 spiro atoms. The van der Waals surface area contributed by atoms with Crippen LogP contribution in [0.1, 0.15) is 5.76 Å². The Labute approximate surface area is 111 Å². The third-order valence-corrected chi connectivity index (χ3v) is 2.73. The Morgan fingerprint density at radius 3 is 2.68 bits per heavy atom. The second-order valence-electron chi connectivity index (χ2n) is 4.06. The molecule has 2 heterocycles. The fourth-order valence-electron chi connectivity index (χ4n) is 1.79. The second kappa shape index (κ2) is 5.35. The molecule has 0 bridgehead atoms. The van der Waals surface area contributed by atoms with E-state index in [0.29, 0.717) is 12.5 Å². The van der Waals surface area contributed by atoms with Crippen molar-refractivity contribution in [2.45, 2.75) is 6.54 Å². The van der Waals surface area contributed by atoms with Gasteiger partial charge in [-0.05, 0) is 18.2 Å². The number of aromatic nitrogens is 2. The van der Waals surface area contributed by atoms with Gasteiger partial charge in [0.15, 0.2) is 0 Å². The SMILES string of the molecule is c1ccc(-c2ccnc(NCc3ccco3)n2)cc1. The number of nitrogens with one attached hydrogen (secondary N) is 1.